The van der Waals surface area contributed by atoms with Gasteiger partial charge >= 0.3 is 0 Å². The van der Waals surface area contributed by atoms with Crippen LogP contribution in [-0.4, -0.2) is 36.1 Å². The van der Waals surface area contributed by atoms with Crippen molar-refractivity contribution in [2.75, 3.05) is 13.2 Å². The summed E-state index contributed by atoms with van der Waals surface area (Å²) in [5.41, 5.74) is -0.0268. The molecule has 5 heteroatoms. The topological polar surface area (TPSA) is 78.4 Å². The van der Waals surface area contributed by atoms with Crippen LogP contribution in [-0.2, 0) is 9.59 Å². The van der Waals surface area contributed by atoms with E-state index in [1.54, 1.807) is 0 Å². The van der Waals surface area contributed by atoms with E-state index in [1.807, 2.05) is 0 Å². The van der Waals surface area contributed by atoms with Crippen LogP contribution in [0.4, 0.5) is 0 Å². The maximum Gasteiger partial charge on any atom is 0.242 e. The number of aliphatic hydroxyl groups excluding tert-OH is 1. The fourth-order valence-corrected chi connectivity index (χ4v) is 1.91. The summed E-state index contributed by atoms with van der Waals surface area (Å²) in [4.78, 5) is 22.7. The third-order valence-corrected chi connectivity index (χ3v) is 3.06. The van der Waals surface area contributed by atoms with Gasteiger partial charge in [-0.15, -0.1) is 0 Å². The van der Waals surface area contributed by atoms with E-state index < -0.39 is 0 Å². The number of hydrogen-bond donors (Lipinski definition) is 3. The van der Waals surface area contributed by atoms with Gasteiger partial charge in [0.05, 0.1) is 0 Å². The predicted octanol–water partition coefficient (Wildman–Crippen LogP) is 0.180. The Hall–Kier alpha value is -1.10. The Labute approximate surface area is 102 Å². The van der Waals surface area contributed by atoms with Gasteiger partial charge in [-0.1, -0.05) is 13.8 Å². The second-order valence-corrected chi connectivity index (χ2v) is 5.37. The molecule has 98 valence electrons. The molecule has 1 heterocycles. The van der Waals surface area contributed by atoms with Gasteiger partial charge < -0.3 is 15.7 Å². The maximum absolute atomic E-state index is 11.7. The molecular weight excluding hydrogens is 220 g/mol. The van der Waals surface area contributed by atoms with Crippen molar-refractivity contribution in [1.82, 2.24) is 10.6 Å². The summed E-state index contributed by atoms with van der Waals surface area (Å²) in [6.07, 6.45) is 2.62. The lowest BCUT2D eigenvalue weighted by molar-refractivity contribution is -0.126. The Morgan fingerprint density at radius 2 is 2.29 bits per heavy atom. The summed E-state index contributed by atoms with van der Waals surface area (Å²) < 4.78 is 0. The molecule has 0 aliphatic carbocycles. The van der Waals surface area contributed by atoms with Crippen LogP contribution in [0, 0.1) is 5.41 Å². The number of rotatable bonds is 6. The minimum atomic E-state index is -0.365. The summed E-state index contributed by atoms with van der Waals surface area (Å²) >= 11 is 0. The molecule has 1 aliphatic heterocycles. The smallest absolute Gasteiger partial charge is 0.242 e. The number of aliphatic hydroxyl groups is 1. The molecule has 3 N–H and O–H groups in total. The quantitative estimate of drug-likeness (QED) is 0.621. The SMILES string of the molecule is CC(C)(CCCO)CNC(=O)[C@@H]1CCC(=O)N1. The molecule has 0 unspecified atom stereocenters. The largest absolute Gasteiger partial charge is 0.396 e. The first-order chi connectivity index (χ1) is 7.94. The molecule has 0 aromatic rings. The van der Waals surface area contributed by atoms with Crippen LogP contribution in [0.5, 0.6) is 0 Å². The van der Waals surface area contributed by atoms with Crippen LogP contribution in [0.3, 0.4) is 0 Å². The van der Waals surface area contributed by atoms with E-state index in [4.69, 9.17) is 5.11 Å². The zero-order valence-electron chi connectivity index (χ0n) is 10.6. The van der Waals surface area contributed by atoms with Gasteiger partial charge in [0.25, 0.3) is 0 Å². The average molecular weight is 242 g/mol. The third kappa shape index (κ3) is 4.73. The second-order valence-electron chi connectivity index (χ2n) is 5.37. The first-order valence-corrected chi connectivity index (χ1v) is 6.12. The molecule has 1 rings (SSSR count). The van der Waals surface area contributed by atoms with Crippen molar-refractivity contribution in [2.45, 2.75) is 45.6 Å². The van der Waals surface area contributed by atoms with Gasteiger partial charge in [-0.25, -0.2) is 0 Å². The molecule has 1 atom stereocenters. The molecule has 17 heavy (non-hydrogen) atoms. The van der Waals surface area contributed by atoms with Gasteiger partial charge in [0, 0.05) is 19.6 Å². The average Bonchev–Trinajstić information content (AvgIpc) is 2.70. The van der Waals surface area contributed by atoms with Crippen molar-refractivity contribution >= 4 is 11.8 Å². The molecule has 1 fully saturated rings. The van der Waals surface area contributed by atoms with Gasteiger partial charge in [-0.3, -0.25) is 9.59 Å². The van der Waals surface area contributed by atoms with Crippen molar-refractivity contribution in [3.05, 3.63) is 0 Å². The molecule has 0 saturated carbocycles. The van der Waals surface area contributed by atoms with Crippen molar-refractivity contribution in [3.8, 4) is 0 Å². The maximum atomic E-state index is 11.7. The number of hydrogen-bond acceptors (Lipinski definition) is 3. The normalized spacial score (nSPS) is 20.2. The van der Waals surface area contributed by atoms with Crippen LogP contribution in [0.2, 0.25) is 0 Å². The first kappa shape index (κ1) is 14.0. The van der Waals surface area contributed by atoms with Crippen molar-refractivity contribution < 1.29 is 14.7 Å². The first-order valence-electron chi connectivity index (χ1n) is 6.12. The molecule has 0 aromatic carbocycles. The Morgan fingerprint density at radius 1 is 1.59 bits per heavy atom. The Balaban J connectivity index is 2.29. The van der Waals surface area contributed by atoms with E-state index in [9.17, 15) is 9.59 Å². The monoisotopic (exact) mass is 242 g/mol. The molecular formula is C12H22N2O3. The number of amides is 2. The highest BCUT2D eigenvalue weighted by Gasteiger charge is 2.28. The third-order valence-electron chi connectivity index (χ3n) is 3.06. The van der Waals surface area contributed by atoms with Crippen LogP contribution in [0.15, 0.2) is 0 Å². The highest BCUT2D eigenvalue weighted by Crippen LogP contribution is 2.20. The fourth-order valence-electron chi connectivity index (χ4n) is 1.91. The summed E-state index contributed by atoms with van der Waals surface area (Å²) in [6.45, 7) is 4.85. The minimum Gasteiger partial charge on any atom is -0.396 e. The predicted molar refractivity (Wildman–Crippen MR) is 64.3 cm³/mol. The standard InChI is InChI=1S/C12H22N2O3/c1-12(2,6-3-7-15)8-13-11(17)9-4-5-10(16)14-9/h9,15H,3-8H2,1-2H3,(H,13,17)(H,14,16)/t9-/m0/s1. The van der Waals surface area contributed by atoms with Crippen molar-refractivity contribution in [2.24, 2.45) is 5.41 Å². The lowest BCUT2D eigenvalue weighted by Crippen LogP contribution is -2.44. The van der Waals surface area contributed by atoms with E-state index in [0.717, 1.165) is 12.8 Å². The van der Waals surface area contributed by atoms with Crippen LogP contribution in [0.1, 0.15) is 39.5 Å². The molecule has 1 saturated heterocycles. The number of carbonyl (C=O) groups excluding carboxylic acids is 2. The highest BCUT2D eigenvalue weighted by atomic mass is 16.3. The second kappa shape index (κ2) is 6.00. The summed E-state index contributed by atoms with van der Waals surface area (Å²) in [6, 6.07) is -0.365. The van der Waals surface area contributed by atoms with Gasteiger partial charge in [-0.05, 0) is 24.7 Å². The van der Waals surface area contributed by atoms with E-state index in [2.05, 4.69) is 24.5 Å². The molecule has 1 aliphatic rings. The van der Waals surface area contributed by atoms with E-state index in [0.29, 0.717) is 19.4 Å². The van der Waals surface area contributed by atoms with E-state index >= 15 is 0 Å². The zero-order chi connectivity index (χ0) is 12.9. The van der Waals surface area contributed by atoms with E-state index in [-0.39, 0.29) is 29.9 Å². The number of carbonyl (C=O) groups is 2. The lowest BCUT2D eigenvalue weighted by atomic mass is 9.88. The molecule has 0 bridgehead atoms. The Bertz CT molecular complexity index is 289. The van der Waals surface area contributed by atoms with Crippen LogP contribution < -0.4 is 10.6 Å². The van der Waals surface area contributed by atoms with Crippen molar-refractivity contribution in [3.63, 3.8) is 0 Å². The molecule has 2 amide bonds. The lowest BCUT2D eigenvalue weighted by Gasteiger charge is -2.25. The highest BCUT2D eigenvalue weighted by molar-refractivity contribution is 5.90. The van der Waals surface area contributed by atoms with Gasteiger partial charge in [0.15, 0.2) is 0 Å². The Morgan fingerprint density at radius 3 is 2.82 bits per heavy atom. The van der Waals surface area contributed by atoms with E-state index in [1.165, 1.54) is 0 Å². The van der Waals surface area contributed by atoms with Crippen LogP contribution in [0.25, 0.3) is 0 Å². The zero-order valence-corrected chi connectivity index (χ0v) is 10.6. The van der Waals surface area contributed by atoms with Gasteiger partial charge in [0.2, 0.25) is 11.8 Å². The summed E-state index contributed by atoms with van der Waals surface area (Å²) in [5, 5.41) is 14.3. The molecule has 0 aromatic heterocycles. The molecule has 0 spiro atoms. The van der Waals surface area contributed by atoms with Crippen LogP contribution >= 0.6 is 0 Å². The minimum absolute atomic E-state index is 0.0268. The number of nitrogens with one attached hydrogen (secondary N) is 2. The van der Waals surface area contributed by atoms with Crippen molar-refractivity contribution in [1.29, 1.82) is 0 Å². The Kier molecular flexibility index (Phi) is 4.93. The van der Waals surface area contributed by atoms with Gasteiger partial charge in [-0.2, -0.15) is 0 Å². The fraction of sp³-hybridized carbons (Fsp3) is 0.833. The molecule has 0 radical (unpaired) electrons. The summed E-state index contributed by atoms with van der Waals surface area (Å²) in [7, 11) is 0. The summed E-state index contributed by atoms with van der Waals surface area (Å²) in [5.74, 6) is -0.155. The van der Waals surface area contributed by atoms with Gasteiger partial charge in [0.1, 0.15) is 6.04 Å². The molecule has 5 nitrogen and oxygen atoms in total.